The Morgan fingerprint density at radius 2 is 0.521 bits per heavy atom. The van der Waals surface area contributed by atoms with Crippen LogP contribution in [-0.4, -0.2) is 37.2 Å². The van der Waals surface area contributed by atoms with Crippen LogP contribution in [0.3, 0.4) is 0 Å². The summed E-state index contributed by atoms with van der Waals surface area (Å²) in [4.78, 5) is 38.1. The SMILES string of the molecule is CCCCC/C=C\C/C=C\C/C=C\C/C=C\CCCCCC(=O)OC(COC(=O)CCC/C=C\C/C=C\C/C=C\C/C=C\CCCCC)COC(=O)CCC/C=C\C/C=C\C/C=C\C/C=C\CCCCC. The molecule has 0 radical (unpaired) electrons. The van der Waals surface area contributed by atoms with Crippen LogP contribution in [0.5, 0.6) is 0 Å². The molecule has 71 heavy (non-hydrogen) atoms. The molecule has 0 aliphatic heterocycles. The number of allylic oxidation sites excluding steroid dienone is 24. The van der Waals surface area contributed by atoms with Gasteiger partial charge in [-0.25, -0.2) is 0 Å². The topological polar surface area (TPSA) is 78.9 Å². The molecule has 0 fully saturated rings. The van der Waals surface area contributed by atoms with E-state index in [1.807, 2.05) is 0 Å². The summed E-state index contributed by atoms with van der Waals surface area (Å²) >= 11 is 0. The normalized spacial score (nSPS) is 12.8. The van der Waals surface area contributed by atoms with Gasteiger partial charge in [-0.2, -0.15) is 0 Å². The number of hydrogen-bond donors (Lipinski definition) is 0. The van der Waals surface area contributed by atoms with Gasteiger partial charge in [0.2, 0.25) is 0 Å². The largest absolute Gasteiger partial charge is 0.462 e. The minimum Gasteiger partial charge on any atom is -0.462 e. The molecule has 0 bridgehead atoms. The number of esters is 3. The Bertz CT molecular complexity index is 1520. The molecule has 0 saturated heterocycles. The fourth-order valence-electron chi connectivity index (χ4n) is 7.00. The molecule has 0 aliphatic rings. The molecular weight excluding hydrogens is 877 g/mol. The molecule has 0 aromatic heterocycles. The standard InChI is InChI=1S/C65H102O6/c1-4-7-10-13-16-19-22-25-28-31-32-35-38-41-44-47-50-53-56-59-65(68)71-62(60-69-63(66)57-54-51-48-45-42-39-36-33-29-26-23-20-17-14-11-8-5-2)61-70-64(67)58-55-52-49-46-43-40-37-34-30-27-24-21-18-15-12-9-6-3/h16-21,25-30,32,35-37,39-41,44-46,48-49,62H,4-15,22-24,31,33-34,38,42-43,47,50-61H2,1-3H3/b19-16-,20-17-,21-18-,28-25-,29-26-,30-27-,35-32-,39-36-,40-37-,44-41-,48-45-,49-46-. The van der Waals surface area contributed by atoms with Crippen LogP contribution < -0.4 is 0 Å². The summed E-state index contributed by atoms with van der Waals surface area (Å²) in [5, 5.41) is 0. The van der Waals surface area contributed by atoms with E-state index in [4.69, 9.17) is 14.2 Å². The lowest BCUT2D eigenvalue weighted by Crippen LogP contribution is -2.30. The molecule has 0 heterocycles. The number of unbranched alkanes of at least 4 members (excludes halogenated alkanes) is 14. The first kappa shape index (κ1) is 66.3. The molecule has 0 atom stereocenters. The Labute approximate surface area is 436 Å². The van der Waals surface area contributed by atoms with Crippen LogP contribution in [0.2, 0.25) is 0 Å². The quantitative estimate of drug-likeness (QED) is 0.0262. The van der Waals surface area contributed by atoms with Crippen LogP contribution in [0.4, 0.5) is 0 Å². The molecule has 0 rings (SSSR count). The second-order valence-electron chi connectivity index (χ2n) is 18.1. The first-order chi connectivity index (χ1) is 35.0. The maximum absolute atomic E-state index is 12.8. The van der Waals surface area contributed by atoms with Gasteiger partial charge in [-0.1, -0.05) is 212 Å². The van der Waals surface area contributed by atoms with Crippen molar-refractivity contribution in [1.29, 1.82) is 0 Å². The van der Waals surface area contributed by atoms with Gasteiger partial charge >= 0.3 is 17.9 Å². The summed E-state index contributed by atoms with van der Waals surface area (Å²) in [6.07, 6.45) is 82.7. The molecule has 6 nitrogen and oxygen atoms in total. The average molecular weight is 980 g/mol. The zero-order valence-corrected chi connectivity index (χ0v) is 45.4. The zero-order valence-electron chi connectivity index (χ0n) is 45.4. The summed E-state index contributed by atoms with van der Waals surface area (Å²) < 4.78 is 16.7. The summed E-state index contributed by atoms with van der Waals surface area (Å²) in [6.45, 7) is 6.41. The third kappa shape index (κ3) is 56.1. The minimum absolute atomic E-state index is 0.142. The fourth-order valence-corrected chi connectivity index (χ4v) is 7.00. The Kier molecular flexibility index (Phi) is 54.0. The Hall–Kier alpha value is -4.71. The predicted molar refractivity (Wildman–Crippen MR) is 306 cm³/mol. The lowest BCUT2D eigenvalue weighted by atomic mass is 10.1. The zero-order chi connectivity index (χ0) is 51.4. The van der Waals surface area contributed by atoms with Crippen molar-refractivity contribution in [3.05, 3.63) is 146 Å². The van der Waals surface area contributed by atoms with Gasteiger partial charge in [0.05, 0.1) is 0 Å². The van der Waals surface area contributed by atoms with Gasteiger partial charge in [0.15, 0.2) is 6.10 Å². The summed E-state index contributed by atoms with van der Waals surface area (Å²) in [6, 6.07) is 0. The first-order valence-electron chi connectivity index (χ1n) is 28.3. The summed E-state index contributed by atoms with van der Waals surface area (Å²) in [7, 11) is 0. The third-order valence-corrected chi connectivity index (χ3v) is 11.3. The van der Waals surface area contributed by atoms with Gasteiger partial charge in [-0.3, -0.25) is 14.4 Å². The van der Waals surface area contributed by atoms with E-state index in [-0.39, 0.29) is 50.4 Å². The summed E-state index contributed by atoms with van der Waals surface area (Å²) in [5.41, 5.74) is 0. The van der Waals surface area contributed by atoms with E-state index in [2.05, 4.69) is 167 Å². The Morgan fingerprint density at radius 3 is 0.803 bits per heavy atom. The van der Waals surface area contributed by atoms with E-state index in [0.717, 1.165) is 89.9 Å². The monoisotopic (exact) mass is 979 g/mol. The first-order valence-corrected chi connectivity index (χ1v) is 28.3. The van der Waals surface area contributed by atoms with E-state index < -0.39 is 6.10 Å². The molecule has 0 N–H and O–H groups in total. The molecule has 6 heteroatoms. The maximum atomic E-state index is 12.8. The Balaban J connectivity index is 4.65. The van der Waals surface area contributed by atoms with E-state index in [1.165, 1.54) is 77.0 Å². The smallest absolute Gasteiger partial charge is 0.306 e. The summed E-state index contributed by atoms with van der Waals surface area (Å²) in [5.74, 6) is -1.09. The molecule has 0 aromatic carbocycles. The van der Waals surface area contributed by atoms with Gasteiger partial charge < -0.3 is 14.2 Å². The fraction of sp³-hybridized carbons (Fsp3) is 0.585. The number of carbonyl (C=O) groups excluding carboxylic acids is 3. The van der Waals surface area contributed by atoms with Crippen LogP contribution in [-0.2, 0) is 28.6 Å². The van der Waals surface area contributed by atoms with Gasteiger partial charge in [-0.15, -0.1) is 0 Å². The van der Waals surface area contributed by atoms with Gasteiger partial charge in [-0.05, 0) is 141 Å². The average Bonchev–Trinajstić information content (AvgIpc) is 3.37. The van der Waals surface area contributed by atoms with Crippen molar-refractivity contribution in [2.24, 2.45) is 0 Å². The Morgan fingerprint density at radius 1 is 0.282 bits per heavy atom. The van der Waals surface area contributed by atoms with E-state index in [0.29, 0.717) is 19.3 Å². The van der Waals surface area contributed by atoms with Crippen LogP contribution >= 0.6 is 0 Å². The van der Waals surface area contributed by atoms with Crippen molar-refractivity contribution < 1.29 is 28.6 Å². The highest BCUT2D eigenvalue weighted by Gasteiger charge is 2.19. The number of rotatable bonds is 49. The number of ether oxygens (including phenoxy) is 3. The molecule has 0 unspecified atom stereocenters. The van der Waals surface area contributed by atoms with Crippen LogP contribution in [0.25, 0.3) is 0 Å². The van der Waals surface area contributed by atoms with Crippen molar-refractivity contribution in [3.8, 4) is 0 Å². The third-order valence-electron chi connectivity index (χ3n) is 11.3. The van der Waals surface area contributed by atoms with Crippen molar-refractivity contribution >= 4 is 17.9 Å². The highest BCUT2D eigenvalue weighted by molar-refractivity contribution is 5.71. The molecule has 0 spiro atoms. The molecule has 0 amide bonds. The second-order valence-corrected chi connectivity index (χ2v) is 18.1. The van der Waals surface area contributed by atoms with Crippen LogP contribution in [0, 0.1) is 0 Å². The molecular formula is C65H102O6. The van der Waals surface area contributed by atoms with E-state index >= 15 is 0 Å². The van der Waals surface area contributed by atoms with Crippen molar-refractivity contribution in [1.82, 2.24) is 0 Å². The highest BCUT2D eigenvalue weighted by Crippen LogP contribution is 2.10. The van der Waals surface area contributed by atoms with Crippen molar-refractivity contribution in [3.63, 3.8) is 0 Å². The van der Waals surface area contributed by atoms with Crippen LogP contribution in [0.1, 0.15) is 226 Å². The molecule has 0 aromatic rings. The van der Waals surface area contributed by atoms with Gasteiger partial charge in [0.1, 0.15) is 13.2 Å². The second kappa shape index (κ2) is 57.9. The predicted octanol–water partition coefficient (Wildman–Crippen LogP) is 19.2. The number of carbonyl (C=O) groups is 3. The lowest BCUT2D eigenvalue weighted by molar-refractivity contribution is -0.167. The van der Waals surface area contributed by atoms with Crippen LogP contribution in [0.15, 0.2) is 146 Å². The van der Waals surface area contributed by atoms with E-state index in [9.17, 15) is 14.4 Å². The molecule has 0 aliphatic carbocycles. The number of hydrogen-bond acceptors (Lipinski definition) is 6. The van der Waals surface area contributed by atoms with Gasteiger partial charge in [0, 0.05) is 19.3 Å². The maximum Gasteiger partial charge on any atom is 0.306 e. The van der Waals surface area contributed by atoms with Gasteiger partial charge in [0.25, 0.3) is 0 Å². The highest BCUT2D eigenvalue weighted by atomic mass is 16.6. The van der Waals surface area contributed by atoms with E-state index in [1.54, 1.807) is 0 Å². The van der Waals surface area contributed by atoms with Crippen molar-refractivity contribution in [2.45, 2.75) is 232 Å². The minimum atomic E-state index is -0.846. The van der Waals surface area contributed by atoms with Crippen molar-refractivity contribution in [2.75, 3.05) is 13.2 Å². The molecule has 398 valence electrons. The lowest BCUT2D eigenvalue weighted by Gasteiger charge is -2.18. The molecule has 0 saturated carbocycles.